The number of methoxy groups -OCH3 is 1. The van der Waals surface area contributed by atoms with Crippen LogP contribution in [0.25, 0.3) is 0 Å². The van der Waals surface area contributed by atoms with Gasteiger partial charge in [0.15, 0.2) is 0 Å². The van der Waals surface area contributed by atoms with E-state index in [0.717, 1.165) is 43.7 Å². The molecule has 2 rings (SSSR count). The van der Waals surface area contributed by atoms with Gasteiger partial charge < -0.3 is 9.64 Å². The highest BCUT2D eigenvalue weighted by atomic mass is 16.5. The summed E-state index contributed by atoms with van der Waals surface area (Å²) in [6.45, 7) is 0.994. The number of Topliss-reactive ketones (excluding diaryl/α,β-unsaturated/α-hetero) is 1. The molecule has 98 valence electrons. The summed E-state index contributed by atoms with van der Waals surface area (Å²) < 4.78 is 5.38. The lowest BCUT2D eigenvalue weighted by atomic mass is 9.88. The highest BCUT2D eigenvalue weighted by Gasteiger charge is 2.20. The lowest BCUT2D eigenvalue weighted by molar-refractivity contribution is -0.120. The standard InChI is InChI=1S/C15H21NO2/c1-16(11-12-7-9-13(17)10-8-12)14-5-3-4-6-15(14)18-2/h3-6,12H,7-11H2,1-2H3. The van der Waals surface area contributed by atoms with Crippen LogP contribution in [0.15, 0.2) is 24.3 Å². The van der Waals surface area contributed by atoms with E-state index in [1.807, 2.05) is 18.2 Å². The van der Waals surface area contributed by atoms with E-state index in [4.69, 9.17) is 4.74 Å². The van der Waals surface area contributed by atoms with Crippen molar-refractivity contribution in [1.29, 1.82) is 0 Å². The van der Waals surface area contributed by atoms with Crippen molar-refractivity contribution in [3.05, 3.63) is 24.3 Å². The Hall–Kier alpha value is -1.51. The molecule has 1 aromatic rings. The quantitative estimate of drug-likeness (QED) is 0.819. The molecular weight excluding hydrogens is 226 g/mol. The molecule has 18 heavy (non-hydrogen) atoms. The Morgan fingerprint density at radius 2 is 1.94 bits per heavy atom. The van der Waals surface area contributed by atoms with Crippen molar-refractivity contribution in [2.24, 2.45) is 5.92 Å². The smallest absolute Gasteiger partial charge is 0.142 e. The summed E-state index contributed by atoms with van der Waals surface area (Å²) in [6.07, 6.45) is 3.56. The van der Waals surface area contributed by atoms with Gasteiger partial charge in [-0.1, -0.05) is 12.1 Å². The Kier molecular flexibility index (Phi) is 4.24. The van der Waals surface area contributed by atoms with Gasteiger partial charge in [0.05, 0.1) is 12.8 Å². The number of ketones is 1. The van der Waals surface area contributed by atoms with Crippen LogP contribution in [0, 0.1) is 5.92 Å². The van der Waals surface area contributed by atoms with E-state index in [1.54, 1.807) is 7.11 Å². The van der Waals surface area contributed by atoms with Gasteiger partial charge in [-0.15, -0.1) is 0 Å². The summed E-state index contributed by atoms with van der Waals surface area (Å²) in [5, 5.41) is 0. The van der Waals surface area contributed by atoms with Crippen molar-refractivity contribution in [3.8, 4) is 5.75 Å². The first-order valence-corrected chi connectivity index (χ1v) is 6.56. The van der Waals surface area contributed by atoms with Crippen molar-refractivity contribution in [2.75, 3.05) is 25.6 Å². The molecule has 0 saturated heterocycles. The Morgan fingerprint density at radius 1 is 1.28 bits per heavy atom. The van der Waals surface area contributed by atoms with Crippen LogP contribution in [0.3, 0.4) is 0 Å². The van der Waals surface area contributed by atoms with Gasteiger partial charge in [0.2, 0.25) is 0 Å². The van der Waals surface area contributed by atoms with Gasteiger partial charge in [-0.3, -0.25) is 4.79 Å². The van der Waals surface area contributed by atoms with Gasteiger partial charge in [-0.05, 0) is 30.9 Å². The van der Waals surface area contributed by atoms with Crippen molar-refractivity contribution >= 4 is 11.5 Å². The van der Waals surface area contributed by atoms with Crippen LogP contribution >= 0.6 is 0 Å². The number of carbonyl (C=O) groups excluding carboxylic acids is 1. The van der Waals surface area contributed by atoms with Gasteiger partial charge in [-0.25, -0.2) is 0 Å². The molecule has 3 nitrogen and oxygen atoms in total. The maximum Gasteiger partial charge on any atom is 0.142 e. The molecule has 0 unspecified atom stereocenters. The zero-order valence-corrected chi connectivity index (χ0v) is 11.2. The molecular formula is C15H21NO2. The summed E-state index contributed by atoms with van der Waals surface area (Å²) in [4.78, 5) is 13.5. The SMILES string of the molecule is COc1ccccc1N(C)CC1CCC(=O)CC1. The first-order valence-electron chi connectivity index (χ1n) is 6.56. The van der Waals surface area contributed by atoms with Crippen LogP contribution in [-0.2, 0) is 4.79 Å². The summed E-state index contributed by atoms with van der Waals surface area (Å²) in [6, 6.07) is 8.07. The highest BCUT2D eigenvalue weighted by Crippen LogP contribution is 2.29. The van der Waals surface area contributed by atoms with Gasteiger partial charge >= 0.3 is 0 Å². The Bertz CT molecular complexity index is 407. The van der Waals surface area contributed by atoms with E-state index < -0.39 is 0 Å². The monoisotopic (exact) mass is 247 g/mol. The van der Waals surface area contributed by atoms with Crippen LogP contribution in [0.5, 0.6) is 5.75 Å². The maximum atomic E-state index is 11.2. The average Bonchev–Trinajstić information content (AvgIpc) is 2.41. The molecule has 0 spiro atoms. The topological polar surface area (TPSA) is 29.5 Å². The molecule has 0 N–H and O–H groups in total. The van der Waals surface area contributed by atoms with Crippen molar-refractivity contribution in [3.63, 3.8) is 0 Å². The predicted octanol–water partition coefficient (Wildman–Crippen LogP) is 2.89. The summed E-state index contributed by atoms with van der Waals surface area (Å²) >= 11 is 0. The Labute approximate surface area is 109 Å². The zero-order chi connectivity index (χ0) is 13.0. The molecule has 0 aliphatic heterocycles. The number of ether oxygens (including phenoxy) is 1. The second kappa shape index (κ2) is 5.89. The Balaban J connectivity index is 1.98. The lowest BCUT2D eigenvalue weighted by Crippen LogP contribution is -2.28. The number of hydrogen-bond donors (Lipinski definition) is 0. The Morgan fingerprint density at radius 3 is 2.61 bits per heavy atom. The first kappa shape index (κ1) is 12.9. The van der Waals surface area contributed by atoms with Crippen molar-refractivity contribution in [2.45, 2.75) is 25.7 Å². The molecule has 1 saturated carbocycles. The van der Waals surface area contributed by atoms with E-state index in [2.05, 4.69) is 18.0 Å². The van der Waals surface area contributed by atoms with Gasteiger partial charge in [0, 0.05) is 26.4 Å². The second-order valence-electron chi connectivity index (χ2n) is 5.03. The van der Waals surface area contributed by atoms with E-state index in [9.17, 15) is 4.79 Å². The van der Waals surface area contributed by atoms with E-state index >= 15 is 0 Å². The molecule has 0 atom stereocenters. The first-order chi connectivity index (χ1) is 8.70. The van der Waals surface area contributed by atoms with Crippen molar-refractivity contribution in [1.82, 2.24) is 0 Å². The van der Waals surface area contributed by atoms with Gasteiger partial charge in [0.1, 0.15) is 11.5 Å². The third-order valence-electron chi connectivity index (χ3n) is 3.69. The number of anilines is 1. The molecule has 0 bridgehead atoms. The number of nitrogens with zero attached hydrogens (tertiary/aromatic N) is 1. The molecule has 0 radical (unpaired) electrons. The molecule has 0 amide bonds. The third-order valence-corrected chi connectivity index (χ3v) is 3.69. The fourth-order valence-electron chi connectivity index (χ4n) is 2.61. The molecule has 1 aliphatic carbocycles. The summed E-state index contributed by atoms with van der Waals surface area (Å²) in [5.41, 5.74) is 1.12. The van der Waals surface area contributed by atoms with Crippen molar-refractivity contribution < 1.29 is 9.53 Å². The number of benzene rings is 1. The highest BCUT2D eigenvalue weighted by molar-refractivity contribution is 5.79. The van der Waals surface area contributed by atoms with Crippen LogP contribution in [0.2, 0.25) is 0 Å². The maximum absolute atomic E-state index is 11.2. The summed E-state index contributed by atoms with van der Waals surface area (Å²) in [5.74, 6) is 1.95. The van der Waals surface area contributed by atoms with Crippen LogP contribution < -0.4 is 9.64 Å². The van der Waals surface area contributed by atoms with Crippen LogP contribution in [0.1, 0.15) is 25.7 Å². The normalized spacial score (nSPS) is 16.7. The van der Waals surface area contributed by atoms with Gasteiger partial charge in [0.25, 0.3) is 0 Å². The summed E-state index contributed by atoms with van der Waals surface area (Å²) in [7, 11) is 3.79. The second-order valence-corrected chi connectivity index (χ2v) is 5.03. The molecule has 1 aromatic carbocycles. The molecule has 1 aliphatic rings. The molecule has 0 aromatic heterocycles. The molecule has 0 heterocycles. The van der Waals surface area contributed by atoms with E-state index in [1.165, 1.54) is 0 Å². The lowest BCUT2D eigenvalue weighted by Gasteiger charge is -2.28. The number of hydrogen-bond acceptors (Lipinski definition) is 3. The van der Waals surface area contributed by atoms with E-state index in [-0.39, 0.29) is 0 Å². The number of para-hydroxylation sites is 2. The minimum Gasteiger partial charge on any atom is -0.495 e. The predicted molar refractivity (Wildman–Crippen MR) is 73.2 cm³/mol. The largest absolute Gasteiger partial charge is 0.495 e. The minimum absolute atomic E-state index is 0.422. The fourth-order valence-corrected chi connectivity index (χ4v) is 2.61. The number of rotatable bonds is 4. The molecule has 3 heteroatoms. The zero-order valence-electron chi connectivity index (χ0n) is 11.2. The average molecular weight is 247 g/mol. The number of carbonyl (C=O) groups is 1. The minimum atomic E-state index is 0.422. The molecule has 1 fully saturated rings. The fraction of sp³-hybridized carbons (Fsp3) is 0.533. The van der Waals surface area contributed by atoms with Crippen LogP contribution in [-0.4, -0.2) is 26.5 Å². The van der Waals surface area contributed by atoms with Crippen LogP contribution in [0.4, 0.5) is 5.69 Å². The third kappa shape index (κ3) is 3.03. The van der Waals surface area contributed by atoms with Gasteiger partial charge in [-0.2, -0.15) is 0 Å². The van der Waals surface area contributed by atoms with E-state index in [0.29, 0.717) is 11.7 Å².